The molecule has 0 radical (unpaired) electrons. The summed E-state index contributed by atoms with van der Waals surface area (Å²) in [5.41, 5.74) is -0.311. The number of carbonyl (C=O) groups is 3. The van der Waals surface area contributed by atoms with Gasteiger partial charge in [-0.25, -0.2) is 4.79 Å². The first-order valence-corrected chi connectivity index (χ1v) is 8.98. The number of amides is 4. The molecule has 1 fully saturated rings. The van der Waals surface area contributed by atoms with Crippen molar-refractivity contribution in [2.45, 2.75) is 38.3 Å². The highest BCUT2D eigenvalue weighted by Crippen LogP contribution is 2.29. The van der Waals surface area contributed by atoms with Crippen molar-refractivity contribution in [1.29, 1.82) is 0 Å². The zero-order valence-corrected chi connectivity index (χ0v) is 15.4. The number of rotatable bonds is 7. The molecule has 2 heterocycles. The molecule has 2 atom stereocenters. The van der Waals surface area contributed by atoms with Gasteiger partial charge in [0.2, 0.25) is 5.91 Å². The van der Waals surface area contributed by atoms with E-state index < -0.39 is 17.5 Å². The Morgan fingerprint density at radius 3 is 2.59 bits per heavy atom. The van der Waals surface area contributed by atoms with Crippen molar-refractivity contribution in [1.82, 2.24) is 15.5 Å². The summed E-state index contributed by atoms with van der Waals surface area (Å²) in [5.74, 6) is -0.564. The van der Waals surface area contributed by atoms with Gasteiger partial charge in [-0.05, 0) is 31.0 Å². The summed E-state index contributed by atoms with van der Waals surface area (Å²) >= 11 is 0. The van der Waals surface area contributed by atoms with Crippen molar-refractivity contribution >= 4 is 17.8 Å². The van der Waals surface area contributed by atoms with Crippen LogP contribution in [0.2, 0.25) is 0 Å². The van der Waals surface area contributed by atoms with Crippen LogP contribution < -0.4 is 10.6 Å². The Labute approximate surface area is 157 Å². The van der Waals surface area contributed by atoms with E-state index in [9.17, 15) is 14.4 Å². The first-order valence-electron chi connectivity index (χ1n) is 8.98. The highest BCUT2D eigenvalue weighted by atomic mass is 16.3. The van der Waals surface area contributed by atoms with Crippen molar-refractivity contribution in [2.75, 3.05) is 6.54 Å². The van der Waals surface area contributed by atoms with Gasteiger partial charge in [0.15, 0.2) is 5.54 Å². The summed E-state index contributed by atoms with van der Waals surface area (Å²) in [5, 5.41) is 5.54. The molecule has 3 rings (SSSR count). The first kappa shape index (κ1) is 18.7. The molecule has 2 aromatic rings. The standard InChI is InChI=1S/C20H23N3O4/c1-3-8-15(14-9-5-4-6-10-14)21-17(24)13-23-18(25)20(2,22-19(23)26)16-11-7-12-27-16/h4-7,9-12,15H,3,8,13H2,1-2H3,(H,21,24)(H,22,26)/t15-,20-/m0/s1. The quantitative estimate of drug-likeness (QED) is 0.734. The lowest BCUT2D eigenvalue weighted by Crippen LogP contribution is -2.43. The van der Waals surface area contributed by atoms with Gasteiger partial charge < -0.3 is 15.1 Å². The maximum Gasteiger partial charge on any atom is 0.325 e. The summed E-state index contributed by atoms with van der Waals surface area (Å²) in [6.45, 7) is 3.26. The van der Waals surface area contributed by atoms with Gasteiger partial charge in [0.05, 0.1) is 12.3 Å². The van der Waals surface area contributed by atoms with E-state index in [1.165, 1.54) is 6.26 Å². The predicted molar refractivity (Wildman–Crippen MR) is 98.5 cm³/mol. The molecular weight excluding hydrogens is 346 g/mol. The van der Waals surface area contributed by atoms with Crippen LogP contribution in [0.1, 0.15) is 44.1 Å². The minimum absolute atomic E-state index is 0.166. The molecule has 0 saturated carbocycles. The van der Waals surface area contributed by atoms with E-state index in [2.05, 4.69) is 10.6 Å². The third-order valence-corrected chi connectivity index (χ3v) is 4.71. The third kappa shape index (κ3) is 3.72. The fourth-order valence-electron chi connectivity index (χ4n) is 3.25. The summed E-state index contributed by atoms with van der Waals surface area (Å²) in [6.07, 6.45) is 3.09. The van der Waals surface area contributed by atoms with Crippen molar-refractivity contribution < 1.29 is 18.8 Å². The van der Waals surface area contributed by atoms with Crippen LogP contribution in [0, 0.1) is 0 Å². The van der Waals surface area contributed by atoms with Crippen molar-refractivity contribution in [3.63, 3.8) is 0 Å². The molecule has 4 amide bonds. The van der Waals surface area contributed by atoms with Crippen LogP contribution in [0.4, 0.5) is 4.79 Å². The zero-order chi connectivity index (χ0) is 19.4. The maximum atomic E-state index is 12.8. The van der Waals surface area contributed by atoms with E-state index in [-0.39, 0.29) is 18.5 Å². The lowest BCUT2D eigenvalue weighted by molar-refractivity contribution is -0.135. The topological polar surface area (TPSA) is 91.7 Å². The molecule has 0 unspecified atom stereocenters. The number of nitrogens with zero attached hydrogens (tertiary/aromatic N) is 1. The number of carbonyl (C=O) groups excluding carboxylic acids is 3. The lowest BCUT2D eigenvalue weighted by Gasteiger charge is -2.21. The number of imide groups is 1. The lowest BCUT2D eigenvalue weighted by atomic mass is 9.99. The van der Waals surface area contributed by atoms with Crippen LogP contribution in [0.25, 0.3) is 0 Å². The predicted octanol–water partition coefficient (Wildman–Crippen LogP) is 2.70. The molecule has 142 valence electrons. The van der Waals surface area contributed by atoms with Gasteiger partial charge >= 0.3 is 6.03 Å². The second kappa shape index (κ2) is 7.65. The van der Waals surface area contributed by atoms with Gasteiger partial charge in [0, 0.05) is 0 Å². The molecule has 1 aromatic heterocycles. The van der Waals surface area contributed by atoms with Gasteiger partial charge in [0.25, 0.3) is 5.91 Å². The summed E-state index contributed by atoms with van der Waals surface area (Å²) < 4.78 is 5.28. The Morgan fingerprint density at radius 2 is 1.96 bits per heavy atom. The zero-order valence-electron chi connectivity index (χ0n) is 15.4. The van der Waals surface area contributed by atoms with Gasteiger partial charge in [0.1, 0.15) is 12.3 Å². The molecule has 1 saturated heterocycles. The van der Waals surface area contributed by atoms with Gasteiger partial charge in [-0.3, -0.25) is 14.5 Å². The van der Waals surface area contributed by atoms with E-state index in [1.807, 2.05) is 37.3 Å². The van der Waals surface area contributed by atoms with Crippen LogP contribution in [0.5, 0.6) is 0 Å². The minimum atomic E-state index is -1.30. The number of hydrogen-bond acceptors (Lipinski definition) is 4. The van der Waals surface area contributed by atoms with E-state index >= 15 is 0 Å². The Balaban J connectivity index is 1.70. The second-order valence-corrected chi connectivity index (χ2v) is 6.74. The summed E-state index contributed by atoms with van der Waals surface area (Å²) in [4.78, 5) is 38.5. The van der Waals surface area contributed by atoms with Crippen molar-refractivity contribution in [2.24, 2.45) is 0 Å². The van der Waals surface area contributed by atoms with Gasteiger partial charge in [-0.2, -0.15) is 0 Å². The average molecular weight is 369 g/mol. The molecule has 7 nitrogen and oxygen atoms in total. The number of benzene rings is 1. The smallest absolute Gasteiger partial charge is 0.325 e. The Bertz CT molecular complexity index is 819. The third-order valence-electron chi connectivity index (χ3n) is 4.71. The number of furan rings is 1. The molecular formula is C20H23N3O4. The van der Waals surface area contributed by atoms with Crippen molar-refractivity contribution in [3.8, 4) is 0 Å². The Kier molecular flexibility index (Phi) is 5.30. The summed E-state index contributed by atoms with van der Waals surface area (Å²) in [7, 11) is 0. The average Bonchev–Trinajstić information content (AvgIpc) is 3.27. The normalized spacial score (nSPS) is 20.4. The van der Waals surface area contributed by atoms with Gasteiger partial charge in [-0.15, -0.1) is 0 Å². The minimum Gasteiger partial charge on any atom is -0.466 e. The maximum absolute atomic E-state index is 12.8. The number of hydrogen-bond donors (Lipinski definition) is 2. The Hall–Kier alpha value is -3.09. The van der Waals surface area contributed by atoms with Crippen LogP contribution >= 0.6 is 0 Å². The van der Waals surface area contributed by atoms with Crippen LogP contribution in [0.15, 0.2) is 53.1 Å². The SMILES string of the molecule is CCC[C@H](NC(=O)CN1C(=O)N[C@@](C)(c2ccco2)C1=O)c1ccccc1. The molecule has 0 spiro atoms. The van der Waals surface area contributed by atoms with Gasteiger partial charge in [-0.1, -0.05) is 43.7 Å². The van der Waals surface area contributed by atoms with E-state index in [4.69, 9.17) is 4.42 Å². The fourth-order valence-corrected chi connectivity index (χ4v) is 3.25. The van der Waals surface area contributed by atoms with E-state index in [1.54, 1.807) is 19.1 Å². The molecule has 2 N–H and O–H groups in total. The largest absolute Gasteiger partial charge is 0.466 e. The molecule has 0 aliphatic carbocycles. The molecule has 1 aromatic carbocycles. The molecule has 0 bridgehead atoms. The highest BCUT2D eigenvalue weighted by molar-refractivity contribution is 6.08. The second-order valence-electron chi connectivity index (χ2n) is 6.74. The van der Waals surface area contributed by atoms with E-state index in [0.29, 0.717) is 5.76 Å². The first-order chi connectivity index (χ1) is 13.0. The monoisotopic (exact) mass is 369 g/mol. The van der Waals surface area contributed by atoms with E-state index in [0.717, 1.165) is 23.3 Å². The number of urea groups is 1. The molecule has 1 aliphatic rings. The summed E-state index contributed by atoms with van der Waals surface area (Å²) in [6, 6.07) is 12.1. The molecule has 1 aliphatic heterocycles. The van der Waals surface area contributed by atoms with Crippen LogP contribution in [-0.4, -0.2) is 29.3 Å². The van der Waals surface area contributed by atoms with Crippen molar-refractivity contribution in [3.05, 3.63) is 60.1 Å². The Morgan fingerprint density at radius 1 is 1.22 bits per heavy atom. The molecule has 27 heavy (non-hydrogen) atoms. The van der Waals surface area contributed by atoms with Crippen LogP contribution in [0.3, 0.4) is 0 Å². The van der Waals surface area contributed by atoms with Crippen LogP contribution in [-0.2, 0) is 15.1 Å². The fraction of sp³-hybridized carbons (Fsp3) is 0.350. The number of nitrogens with one attached hydrogen (secondary N) is 2. The highest BCUT2D eigenvalue weighted by Gasteiger charge is 2.51. The molecule has 7 heteroatoms.